The topological polar surface area (TPSA) is 68.6 Å². The molecule has 4 rings (SSSR count). The summed E-state index contributed by atoms with van der Waals surface area (Å²) >= 11 is 0. The maximum absolute atomic E-state index is 12.6. The van der Waals surface area contributed by atoms with Gasteiger partial charge in [0.15, 0.2) is 11.5 Å². The van der Waals surface area contributed by atoms with Crippen LogP contribution in [0.25, 0.3) is 0 Å². The fraction of sp³-hybridized carbons (Fsp3) is 0.444. The summed E-state index contributed by atoms with van der Waals surface area (Å²) in [5.74, 6) is 1.39. The number of carbonyl (C=O) groups is 1. The quantitative estimate of drug-likeness (QED) is 0.911. The Balaban J connectivity index is 1.41. The normalized spacial score (nSPS) is 19.1. The molecule has 1 aromatic heterocycles. The maximum Gasteiger partial charge on any atom is 0.321 e. The minimum absolute atomic E-state index is 0.0966. The summed E-state index contributed by atoms with van der Waals surface area (Å²) in [6.07, 6.45) is 0.913. The number of nitrogens with one attached hydrogen (secondary N) is 1. The molecule has 3 heterocycles. The Hall–Kier alpha value is -2.70. The molecule has 0 saturated carbocycles. The molecule has 2 aromatic rings. The molecule has 7 heteroatoms. The third-order valence-electron chi connectivity index (χ3n) is 4.63. The molecule has 1 N–H and O–H groups in total. The van der Waals surface area contributed by atoms with Gasteiger partial charge in [-0.05, 0) is 38.5 Å². The molecule has 1 unspecified atom stereocenters. The largest absolute Gasteiger partial charge is 0.486 e. The van der Waals surface area contributed by atoms with Gasteiger partial charge >= 0.3 is 6.03 Å². The molecule has 0 radical (unpaired) electrons. The summed E-state index contributed by atoms with van der Waals surface area (Å²) in [5.41, 5.74) is 2.86. The van der Waals surface area contributed by atoms with Gasteiger partial charge in [0.1, 0.15) is 13.2 Å². The zero-order valence-corrected chi connectivity index (χ0v) is 14.5. The van der Waals surface area contributed by atoms with Crippen molar-refractivity contribution in [3.8, 4) is 11.5 Å². The average molecular weight is 342 g/mol. The van der Waals surface area contributed by atoms with Gasteiger partial charge < -0.3 is 19.7 Å². The predicted octanol–water partition coefficient (Wildman–Crippen LogP) is 2.75. The molecule has 1 atom stereocenters. The van der Waals surface area contributed by atoms with Crippen LogP contribution in [-0.2, 0) is 0 Å². The number of rotatable bonds is 2. The summed E-state index contributed by atoms with van der Waals surface area (Å²) in [5, 5.41) is 7.49. The Morgan fingerprint density at radius 3 is 2.76 bits per heavy atom. The van der Waals surface area contributed by atoms with Crippen molar-refractivity contribution in [1.82, 2.24) is 14.7 Å². The summed E-state index contributed by atoms with van der Waals surface area (Å²) in [4.78, 5) is 14.4. The van der Waals surface area contributed by atoms with E-state index in [0.29, 0.717) is 31.2 Å². The number of ether oxygens (including phenoxy) is 2. The van der Waals surface area contributed by atoms with Gasteiger partial charge in [-0.3, -0.25) is 4.68 Å². The van der Waals surface area contributed by atoms with Crippen LogP contribution in [0, 0.1) is 13.8 Å². The molecule has 2 amide bonds. The number of amides is 2. The van der Waals surface area contributed by atoms with Gasteiger partial charge in [-0.1, -0.05) is 0 Å². The monoisotopic (exact) mass is 342 g/mol. The summed E-state index contributed by atoms with van der Waals surface area (Å²) < 4.78 is 13.1. The van der Waals surface area contributed by atoms with Gasteiger partial charge in [0.05, 0.1) is 11.7 Å². The maximum atomic E-state index is 12.6. The Kier molecular flexibility index (Phi) is 3.99. The van der Waals surface area contributed by atoms with Crippen LogP contribution in [0.3, 0.4) is 0 Å². The third kappa shape index (κ3) is 3.14. The van der Waals surface area contributed by atoms with E-state index in [1.807, 2.05) is 28.6 Å². The number of urea groups is 1. The lowest BCUT2D eigenvalue weighted by molar-refractivity contribution is 0.171. The first-order valence-electron chi connectivity index (χ1n) is 8.58. The number of aryl methyl sites for hydroxylation is 2. The molecule has 1 aromatic carbocycles. The van der Waals surface area contributed by atoms with Crippen LogP contribution in [0.4, 0.5) is 10.5 Å². The highest BCUT2D eigenvalue weighted by molar-refractivity contribution is 5.90. The second-order valence-electron chi connectivity index (χ2n) is 6.55. The van der Waals surface area contributed by atoms with E-state index in [2.05, 4.69) is 23.4 Å². The van der Waals surface area contributed by atoms with Crippen LogP contribution < -0.4 is 14.8 Å². The van der Waals surface area contributed by atoms with Crippen molar-refractivity contribution in [3.63, 3.8) is 0 Å². The van der Waals surface area contributed by atoms with Crippen molar-refractivity contribution in [2.24, 2.45) is 0 Å². The number of hydrogen-bond donors (Lipinski definition) is 1. The van der Waals surface area contributed by atoms with Crippen molar-refractivity contribution >= 4 is 11.7 Å². The molecule has 25 heavy (non-hydrogen) atoms. The molecule has 2 aliphatic rings. The van der Waals surface area contributed by atoms with Crippen LogP contribution in [0.5, 0.6) is 11.5 Å². The van der Waals surface area contributed by atoms with E-state index in [9.17, 15) is 4.79 Å². The molecule has 7 nitrogen and oxygen atoms in total. The first kappa shape index (κ1) is 15.8. The van der Waals surface area contributed by atoms with E-state index in [1.54, 1.807) is 6.07 Å². The molecular formula is C18H22N4O3. The third-order valence-corrected chi connectivity index (χ3v) is 4.63. The van der Waals surface area contributed by atoms with Crippen molar-refractivity contribution in [3.05, 3.63) is 35.7 Å². The molecule has 0 aliphatic carbocycles. The van der Waals surface area contributed by atoms with E-state index in [0.717, 1.165) is 30.1 Å². The van der Waals surface area contributed by atoms with Crippen LogP contribution in [-0.4, -0.2) is 47.0 Å². The number of likely N-dealkylation sites (tertiary alicyclic amines) is 1. The zero-order chi connectivity index (χ0) is 17.4. The Morgan fingerprint density at radius 1 is 1.20 bits per heavy atom. The second kappa shape index (κ2) is 6.31. The number of fused-ring (bicyclic) bond motifs is 1. The van der Waals surface area contributed by atoms with Crippen LogP contribution in [0.15, 0.2) is 24.3 Å². The second-order valence-corrected chi connectivity index (χ2v) is 6.55. The summed E-state index contributed by atoms with van der Waals surface area (Å²) in [6, 6.07) is 7.67. The molecule has 1 fully saturated rings. The lowest BCUT2D eigenvalue weighted by Gasteiger charge is -2.21. The predicted molar refractivity (Wildman–Crippen MR) is 93.4 cm³/mol. The first-order valence-corrected chi connectivity index (χ1v) is 8.58. The molecule has 132 valence electrons. The van der Waals surface area contributed by atoms with Crippen LogP contribution in [0.1, 0.15) is 23.9 Å². The molecule has 0 spiro atoms. The molecule has 1 saturated heterocycles. The van der Waals surface area contributed by atoms with Gasteiger partial charge in [0.25, 0.3) is 0 Å². The lowest BCUT2D eigenvalue weighted by atomic mass is 10.2. The number of anilines is 1. The Bertz CT molecular complexity index is 802. The van der Waals surface area contributed by atoms with E-state index >= 15 is 0 Å². The van der Waals surface area contributed by atoms with E-state index in [4.69, 9.17) is 9.47 Å². The van der Waals surface area contributed by atoms with Crippen molar-refractivity contribution in [2.75, 3.05) is 31.6 Å². The van der Waals surface area contributed by atoms with E-state index < -0.39 is 0 Å². The highest BCUT2D eigenvalue weighted by Crippen LogP contribution is 2.33. The lowest BCUT2D eigenvalue weighted by Crippen LogP contribution is -2.33. The van der Waals surface area contributed by atoms with Gasteiger partial charge in [-0.15, -0.1) is 0 Å². The van der Waals surface area contributed by atoms with Gasteiger partial charge in [-0.2, -0.15) is 5.10 Å². The minimum Gasteiger partial charge on any atom is -0.486 e. The van der Waals surface area contributed by atoms with Gasteiger partial charge in [0.2, 0.25) is 0 Å². The van der Waals surface area contributed by atoms with Crippen LogP contribution >= 0.6 is 0 Å². The number of benzene rings is 1. The van der Waals surface area contributed by atoms with Crippen molar-refractivity contribution in [1.29, 1.82) is 0 Å². The number of nitrogens with zero attached hydrogens (tertiary/aromatic N) is 3. The highest BCUT2D eigenvalue weighted by Gasteiger charge is 2.29. The molecular weight excluding hydrogens is 320 g/mol. The van der Waals surface area contributed by atoms with Crippen LogP contribution in [0.2, 0.25) is 0 Å². The smallest absolute Gasteiger partial charge is 0.321 e. The molecule has 2 aliphatic heterocycles. The number of hydrogen-bond acceptors (Lipinski definition) is 4. The minimum atomic E-state index is -0.0966. The SMILES string of the molecule is Cc1cc(C)n(C2CCN(C(=O)Nc3ccc4c(c3)OCCO4)C2)n1. The number of carbonyl (C=O) groups excluding carboxylic acids is 1. The fourth-order valence-corrected chi connectivity index (χ4v) is 3.47. The first-order chi connectivity index (χ1) is 12.1. The van der Waals surface area contributed by atoms with Crippen molar-refractivity contribution in [2.45, 2.75) is 26.3 Å². The fourth-order valence-electron chi connectivity index (χ4n) is 3.47. The van der Waals surface area contributed by atoms with Crippen molar-refractivity contribution < 1.29 is 14.3 Å². The highest BCUT2D eigenvalue weighted by atomic mass is 16.6. The summed E-state index contributed by atoms with van der Waals surface area (Å²) in [7, 11) is 0. The average Bonchev–Trinajstić information content (AvgIpc) is 3.21. The zero-order valence-electron chi connectivity index (χ0n) is 14.5. The Morgan fingerprint density at radius 2 is 2.00 bits per heavy atom. The van der Waals surface area contributed by atoms with E-state index in [1.165, 1.54) is 0 Å². The standard InChI is InChI=1S/C18H22N4O3/c1-12-9-13(2)22(20-12)15-5-6-21(11-15)18(23)19-14-3-4-16-17(10-14)25-8-7-24-16/h3-4,9-10,15H,5-8,11H2,1-2H3,(H,19,23). The molecule has 0 bridgehead atoms. The van der Waals surface area contributed by atoms with E-state index in [-0.39, 0.29) is 12.1 Å². The number of aromatic nitrogens is 2. The van der Waals surface area contributed by atoms with Gasteiger partial charge in [-0.25, -0.2) is 4.79 Å². The Labute approximate surface area is 146 Å². The summed E-state index contributed by atoms with van der Waals surface area (Å²) in [6.45, 7) is 6.52. The van der Waals surface area contributed by atoms with Gasteiger partial charge in [0, 0.05) is 30.5 Å².